The van der Waals surface area contributed by atoms with Gasteiger partial charge in [0.2, 0.25) is 5.91 Å². The summed E-state index contributed by atoms with van der Waals surface area (Å²) in [6, 6.07) is 8.11. The first kappa shape index (κ1) is 15.5. The monoisotopic (exact) mass is 370 g/mol. The Hall–Kier alpha value is -0.850. The molecule has 0 aliphatic rings. The molecule has 0 radical (unpaired) electrons. The number of hydrogen-bond donors (Lipinski definition) is 1. The molecule has 0 aliphatic heterocycles. The van der Waals surface area contributed by atoms with Gasteiger partial charge in [-0.2, -0.15) is 0 Å². The van der Waals surface area contributed by atoms with E-state index in [-0.39, 0.29) is 5.91 Å². The fourth-order valence-electron chi connectivity index (χ4n) is 1.59. The molecule has 3 nitrogen and oxygen atoms in total. The summed E-state index contributed by atoms with van der Waals surface area (Å²) in [6.07, 6.45) is 0.533. The molecule has 2 aromatic rings. The molecule has 0 aliphatic carbocycles. The molecular weight excluding hydrogens is 356 g/mol. The Labute approximate surface area is 135 Å². The van der Waals surface area contributed by atoms with Crippen molar-refractivity contribution in [2.75, 3.05) is 12.3 Å². The SMILES string of the molecule is CCNC(=O)CCSc1nc(-c2ccc(Br)cc2)cs1. The number of carbonyl (C=O) groups excluding carboxylic acids is 1. The van der Waals surface area contributed by atoms with Crippen LogP contribution in [0.5, 0.6) is 0 Å². The van der Waals surface area contributed by atoms with E-state index in [9.17, 15) is 4.79 Å². The van der Waals surface area contributed by atoms with E-state index >= 15 is 0 Å². The van der Waals surface area contributed by atoms with Crippen LogP contribution in [0, 0.1) is 0 Å². The van der Waals surface area contributed by atoms with E-state index in [1.165, 1.54) is 0 Å². The molecule has 0 unspecified atom stereocenters. The Morgan fingerprint density at radius 3 is 2.85 bits per heavy atom. The van der Waals surface area contributed by atoms with Gasteiger partial charge < -0.3 is 5.32 Å². The van der Waals surface area contributed by atoms with Gasteiger partial charge in [-0.25, -0.2) is 4.98 Å². The number of benzene rings is 1. The van der Waals surface area contributed by atoms with Crippen molar-refractivity contribution in [1.82, 2.24) is 10.3 Å². The summed E-state index contributed by atoms with van der Waals surface area (Å²) in [5.74, 6) is 0.865. The molecule has 0 saturated carbocycles. The highest BCUT2D eigenvalue weighted by Gasteiger charge is 2.06. The van der Waals surface area contributed by atoms with Crippen LogP contribution in [0.3, 0.4) is 0 Å². The minimum Gasteiger partial charge on any atom is -0.356 e. The van der Waals surface area contributed by atoms with Crippen molar-refractivity contribution in [3.05, 3.63) is 34.1 Å². The first-order chi connectivity index (χ1) is 9.69. The van der Waals surface area contributed by atoms with Crippen LogP contribution in [0.4, 0.5) is 0 Å². The largest absolute Gasteiger partial charge is 0.356 e. The van der Waals surface area contributed by atoms with E-state index < -0.39 is 0 Å². The number of hydrogen-bond acceptors (Lipinski definition) is 4. The number of nitrogens with one attached hydrogen (secondary N) is 1. The van der Waals surface area contributed by atoms with E-state index in [0.717, 1.165) is 25.8 Å². The summed E-state index contributed by atoms with van der Waals surface area (Å²) in [5.41, 5.74) is 2.10. The summed E-state index contributed by atoms with van der Waals surface area (Å²) in [6.45, 7) is 2.62. The number of nitrogens with zero attached hydrogens (tertiary/aromatic N) is 1. The molecule has 106 valence electrons. The Balaban J connectivity index is 1.89. The number of halogens is 1. The summed E-state index contributed by atoms with van der Waals surface area (Å²) in [7, 11) is 0. The molecule has 0 fully saturated rings. The summed E-state index contributed by atoms with van der Waals surface area (Å²) >= 11 is 6.68. The van der Waals surface area contributed by atoms with Gasteiger partial charge in [-0.3, -0.25) is 4.79 Å². The Morgan fingerprint density at radius 2 is 2.15 bits per heavy atom. The molecule has 0 atom stereocenters. The van der Waals surface area contributed by atoms with E-state index in [1.807, 2.05) is 31.2 Å². The Kier molecular flexibility index (Phi) is 6.06. The zero-order valence-corrected chi connectivity index (χ0v) is 14.3. The molecule has 1 aromatic carbocycles. The van der Waals surface area contributed by atoms with Crippen LogP contribution < -0.4 is 5.32 Å². The van der Waals surface area contributed by atoms with E-state index in [1.54, 1.807) is 23.1 Å². The molecule has 1 heterocycles. The van der Waals surface area contributed by atoms with Gasteiger partial charge in [0, 0.05) is 34.1 Å². The maximum absolute atomic E-state index is 11.3. The third-order valence-electron chi connectivity index (χ3n) is 2.55. The highest BCUT2D eigenvalue weighted by Crippen LogP contribution is 2.29. The summed E-state index contributed by atoms with van der Waals surface area (Å²) < 4.78 is 2.07. The number of aromatic nitrogens is 1. The van der Waals surface area contributed by atoms with Crippen LogP contribution in [-0.2, 0) is 4.79 Å². The van der Waals surface area contributed by atoms with Crippen molar-refractivity contribution in [2.24, 2.45) is 0 Å². The van der Waals surface area contributed by atoms with Crippen molar-refractivity contribution in [2.45, 2.75) is 17.7 Å². The van der Waals surface area contributed by atoms with Gasteiger partial charge in [-0.15, -0.1) is 11.3 Å². The highest BCUT2D eigenvalue weighted by atomic mass is 79.9. The number of amides is 1. The lowest BCUT2D eigenvalue weighted by atomic mass is 10.2. The van der Waals surface area contributed by atoms with Crippen LogP contribution in [0.1, 0.15) is 13.3 Å². The lowest BCUT2D eigenvalue weighted by Gasteiger charge is -2.00. The number of rotatable bonds is 6. The predicted octanol–water partition coefficient (Wildman–Crippen LogP) is 4.19. The van der Waals surface area contributed by atoms with Crippen molar-refractivity contribution >= 4 is 44.9 Å². The second kappa shape index (κ2) is 7.81. The first-order valence-corrected chi connectivity index (χ1v) is 8.96. The van der Waals surface area contributed by atoms with Crippen molar-refractivity contribution in [3.8, 4) is 11.3 Å². The van der Waals surface area contributed by atoms with Crippen LogP contribution in [-0.4, -0.2) is 23.2 Å². The van der Waals surface area contributed by atoms with Gasteiger partial charge in [0.05, 0.1) is 5.69 Å². The van der Waals surface area contributed by atoms with Gasteiger partial charge in [0.15, 0.2) is 4.34 Å². The third kappa shape index (κ3) is 4.61. The molecule has 2 rings (SSSR count). The summed E-state index contributed by atoms with van der Waals surface area (Å²) in [4.78, 5) is 15.9. The molecule has 0 saturated heterocycles. The zero-order valence-electron chi connectivity index (χ0n) is 11.1. The third-order valence-corrected chi connectivity index (χ3v) is 5.10. The smallest absolute Gasteiger partial charge is 0.220 e. The fraction of sp³-hybridized carbons (Fsp3) is 0.286. The van der Waals surface area contributed by atoms with Gasteiger partial charge in [0.25, 0.3) is 0 Å². The first-order valence-electron chi connectivity index (χ1n) is 6.30. The second-order valence-electron chi connectivity index (χ2n) is 4.06. The lowest BCUT2D eigenvalue weighted by Crippen LogP contribution is -2.22. The minimum absolute atomic E-state index is 0.102. The molecule has 0 spiro atoms. The van der Waals surface area contributed by atoms with Crippen molar-refractivity contribution in [1.29, 1.82) is 0 Å². The Morgan fingerprint density at radius 1 is 1.40 bits per heavy atom. The zero-order chi connectivity index (χ0) is 14.4. The Bertz CT molecular complexity index is 569. The fourth-order valence-corrected chi connectivity index (χ4v) is 3.70. The number of thioether (sulfide) groups is 1. The quantitative estimate of drug-likeness (QED) is 0.775. The normalized spacial score (nSPS) is 10.5. The van der Waals surface area contributed by atoms with Gasteiger partial charge >= 0.3 is 0 Å². The van der Waals surface area contributed by atoms with Gasteiger partial charge in [-0.1, -0.05) is 39.8 Å². The van der Waals surface area contributed by atoms with E-state index in [2.05, 4.69) is 31.6 Å². The summed E-state index contributed by atoms with van der Waals surface area (Å²) in [5, 5.41) is 4.85. The van der Waals surface area contributed by atoms with Crippen molar-refractivity contribution in [3.63, 3.8) is 0 Å². The predicted molar refractivity (Wildman–Crippen MR) is 89.3 cm³/mol. The number of thiazole rings is 1. The lowest BCUT2D eigenvalue weighted by molar-refractivity contribution is -0.120. The maximum Gasteiger partial charge on any atom is 0.220 e. The van der Waals surface area contributed by atoms with E-state index in [0.29, 0.717) is 13.0 Å². The highest BCUT2D eigenvalue weighted by molar-refractivity contribution is 9.10. The van der Waals surface area contributed by atoms with Crippen LogP contribution in [0.2, 0.25) is 0 Å². The van der Waals surface area contributed by atoms with Gasteiger partial charge in [0.1, 0.15) is 0 Å². The topological polar surface area (TPSA) is 42.0 Å². The van der Waals surface area contributed by atoms with Gasteiger partial charge in [-0.05, 0) is 19.1 Å². The molecule has 6 heteroatoms. The van der Waals surface area contributed by atoms with Crippen LogP contribution >= 0.6 is 39.0 Å². The molecule has 1 amide bonds. The van der Waals surface area contributed by atoms with Crippen molar-refractivity contribution < 1.29 is 4.79 Å². The average molecular weight is 371 g/mol. The molecule has 1 aromatic heterocycles. The molecule has 20 heavy (non-hydrogen) atoms. The second-order valence-corrected chi connectivity index (χ2v) is 7.17. The standard InChI is InChI=1S/C14H15BrN2OS2/c1-2-16-13(18)7-8-19-14-17-12(9-20-14)10-3-5-11(15)6-4-10/h3-6,9H,2,7-8H2,1H3,(H,16,18). The minimum atomic E-state index is 0.102. The number of carbonyl (C=O) groups is 1. The molecular formula is C14H15BrN2OS2. The maximum atomic E-state index is 11.3. The molecule has 0 bridgehead atoms. The van der Waals surface area contributed by atoms with Crippen LogP contribution in [0.25, 0.3) is 11.3 Å². The van der Waals surface area contributed by atoms with Crippen LogP contribution in [0.15, 0.2) is 38.5 Å². The van der Waals surface area contributed by atoms with E-state index in [4.69, 9.17) is 0 Å². The average Bonchev–Trinajstić information content (AvgIpc) is 2.89. The molecule has 1 N–H and O–H groups in total.